The number of aromatic nitrogens is 2. The Morgan fingerprint density at radius 3 is 2.67 bits per heavy atom. The Balaban J connectivity index is 1.90. The SMILES string of the molecule is COCCn1c(Nc2ccc(C(=O)NO)cc2)nc2ccccc21. The van der Waals surface area contributed by atoms with Gasteiger partial charge >= 0.3 is 0 Å². The van der Waals surface area contributed by atoms with Gasteiger partial charge in [0.05, 0.1) is 17.6 Å². The van der Waals surface area contributed by atoms with Gasteiger partial charge in [-0.3, -0.25) is 10.0 Å². The molecule has 0 spiro atoms. The molecule has 0 saturated heterocycles. The number of imidazole rings is 1. The molecule has 0 aliphatic carbocycles. The van der Waals surface area contributed by atoms with Crippen molar-refractivity contribution in [2.75, 3.05) is 19.0 Å². The van der Waals surface area contributed by atoms with Crippen LogP contribution in [0.2, 0.25) is 0 Å². The molecule has 0 unspecified atom stereocenters. The highest BCUT2D eigenvalue weighted by Crippen LogP contribution is 2.23. The van der Waals surface area contributed by atoms with E-state index in [1.165, 1.54) is 0 Å². The fraction of sp³-hybridized carbons (Fsp3) is 0.176. The molecule has 0 bridgehead atoms. The van der Waals surface area contributed by atoms with Crippen LogP contribution >= 0.6 is 0 Å². The third-order valence-corrected chi connectivity index (χ3v) is 3.68. The van der Waals surface area contributed by atoms with Crippen molar-refractivity contribution in [3.8, 4) is 0 Å². The molecule has 24 heavy (non-hydrogen) atoms. The molecule has 3 N–H and O–H groups in total. The van der Waals surface area contributed by atoms with Gasteiger partial charge in [0.2, 0.25) is 5.95 Å². The van der Waals surface area contributed by atoms with Crippen molar-refractivity contribution in [3.05, 3.63) is 54.1 Å². The number of nitrogens with zero attached hydrogens (tertiary/aromatic N) is 2. The first-order valence-corrected chi connectivity index (χ1v) is 7.48. The second-order valence-electron chi connectivity index (χ2n) is 5.21. The minimum absolute atomic E-state index is 0.371. The minimum atomic E-state index is -0.547. The number of methoxy groups -OCH3 is 1. The lowest BCUT2D eigenvalue weighted by molar-refractivity contribution is 0.0706. The molecule has 0 fully saturated rings. The zero-order valence-corrected chi connectivity index (χ0v) is 13.2. The zero-order valence-electron chi connectivity index (χ0n) is 13.2. The Morgan fingerprint density at radius 2 is 1.96 bits per heavy atom. The molecule has 2 aromatic carbocycles. The number of hydrogen-bond acceptors (Lipinski definition) is 5. The number of amides is 1. The molecule has 3 rings (SSSR count). The van der Waals surface area contributed by atoms with Crippen molar-refractivity contribution in [1.82, 2.24) is 15.0 Å². The van der Waals surface area contributed by atoms with Gasteiger partial charge in [-0.2, -0.15) is 0 Å². The molecule has 0 aliphatic rings. The largest absolute Gasteiger partial charge is 0.383 e. The minimum Gasteiger partial charge on any atom is -0.383 e. The Morgan fingerprint density at radius 1 is 1.21 bits per heavy atom. The number of hydrogen-bond donors (Lipinski definition) is 3. The first-order chi connectivity index (χ1) is 11.7. The topological polar surface area (TPSA) is 88.4 Å². The fourth-order valence-corrected chi connectivity index (χ4v) is 2.48. The normalized spacial score (nSPS) is 10.8. The molecule has 7 heteroatoms. The van der Waals surface area contributed by atoms with Gasteiger partial charge in [0, 0.05) is 24.9 Å². The smallest absolute Gasteiger partial charge is 0.274 e. The van der Waals surface area contributed by atoms with Crippen LogP contribution in [0.25, 0.3) is 11.0 Å². The van der Waals surface area contributed by atoms with Crippen LogP contribution in [0.5, 0.6) is 0 Å². The summed E-state index contributed by atoms with van der Waals surface area (Å²) in [4.78, 5) is 16.0. The standard InChI is InChI=1S/C17H18N4O3/c1-24-11-10-21-15-5-3-2-4-14(15)19-17(21)18-13-8-6-12(7-9-13)16(22)20-23/h2-9,23H,10-11H2,1H3,(H,18,19)(H,20,22). The van der Waals surface area contributed by atoms with E-state index in [0.717, 1.165) is 16.7 Å². The highest BCUT2D eigenvalue weighted by molar-refractivity contribution is 5.93. The molecule has 1 heterocycles. The lowest BCUT2D eigenvalue weighted by Crippen LogP contribution is -2.18. The Kier molecular flexibility index (Phi) is 4.74. The number of rotatable bonds is 6. The molecule has 0 saturated carbocycles. The number of carbonyl (C=O) groups is 1. The average molecular weight is 326 g/mol. The first kappa shape index (κ1) is 16.0. The van der Waals surface area contributed by atoms with E-state index in [-0.39, 0.29) is 0 Å². The molecule has 3 aromatic rings. The second-order valence-corrected chi connectivity index (χ2v) is 5.21. The van der Waals surface area contributed by atoms with E-state index < -0.39 is 5.91 Å². The summed E-state index contributed by atoms with van der Waals surface area (Å²) in [6.45, 7) is 1.25. The fourth-order valence-electron chi connectivity index (χ4n) is 2.48. The Hall–Kier alpha value is -2.90. The van der Waals surface area contributed by atoms with Crippen molar-refractivity contribution in [2.24, 2.45) is 0 Å². The number of ether oxygens (including phenoxy) is 1. The van der Waals surface area contributed by atoms with Gasteiger partial charge in [-0.1, -0.05) is 12.1 Å². The van der Waals surface area contributed by atoms with Crippen LogP contribution in [0.15, 0.2) is 48.5 Å². The van der Waals surface area contributed by atoms with Gasteiger partial charge in [0.1, 0.15) is 0 Å². The molecular weight excluding hydrogens is 308 g/mol. The third-order valence-electron chi connectivity index (χ3n) is 3.68. The Labute approximate surface area is 138 Å². The number of fused-ring (bicyclic) bond motifs is 1. The zero-order chi connectivity index (χ0) is 16.9. The molecule has 0 radical (unpaired) electrons. The summed E-state index contributed by atoms with van der Waals surface area (Å²) in [5, 5.41) is 11.9. The maximum Gasteiger partial charge on any atom is 0.274 e. The molecule has 124 valence electrons. The molecular formula is C17H18N4O3. The lowest BCUT2D eigenvalue weighted by Gasteiger charge is -2.10. The van der Waals surface area contributed by atoms with Gasteiger partial charge in [0.15, 0.2) is 0 Å². The summed E-state index contributed by atoms with van der Waals surface area (Å²) in [5.41, 5.74) is 4.69. The van der Waals surface area contributed by atoms with Crippen molar-refractivity contribution in [2.45, 2.75) is 6.54 Å². The maximum atomic E-state index is 11.4. The van der Waals surface area contributed by atoms with Crippen LogP contribution in [-0.4, -0.2) is 34.4 Å². The van der Waals surface area contributed by atoms with Gasteiger partial charge in [-0.05, 0) is 36.4 Å². The quantitative estimate of drug-likeness (QED) is 0.478. The van der Waals surface area contributed by atoms with E-state index in [9.17, 15) is 4.79 Å². The summed E-state index contributed by atoms with van der Waals surface area (Å²) in [7, 11) is 1.66. The van der Waals surface area contributed by atoms with Gasteiger partial charge < -0.3 is 14.6 Å². The number of nitrogens with one attached hydrogen (secondary N) is 2. The predicted molar refractivity (Wildman–Crippen MR) is 90.6 cm³/mol. The highest BCUT2D eigenvalue weighted by atomic mass is 16.5. The predicted octanol–water partition coefficient (Wildman–Crippen LogP) is 2.55. The van der Waals surface area contributed by atoms with Crippen molar-refractivity contribution < 1.29 is 14.7 Å². The van der Waals surface area contributed by atoms with E-state index >= 15 is 0 Å². The van der Waals surface area contributed by atoms with Gasteiger partial charge in [-0.25, -0.2) is 10.5 Å². The second kappa shape index (κ2) is 7.12. The van der Waals surface area contributed by atoms with Gasteiger partial charge in [0.25, 0.3) is 5.91 Å². The lowest BCUT2D eigenvalue weighted by atomic mass is 10.2. The van der Waals surface area contributed by atoms with Crippen molar-refractivity contribution in [1.29, 1.82) is 0 Å². The summed E-state index contributed by atoms with van der Waals surface area (Å²) in [6, 6.07) is 14.6. The number of para-hydroxylation sites is 2. The molecule has 1 aromatic heterocycles. The van der Waals surface area contributed by atoms with E-state index in [0.29, 0.717) is 24.7 Å². The van der Waals surface area contributed by atoms with E-state index in [1.54, 1.807) is 36.9 Å². The van der Waals surface area contributed by atoms with Crippen LogP contribution in [-0.2, 0) is 11.3 Å². The summed E-state index contributed by atoms with van der Waals surface area (Å²) in [5.74, 6) is 0.154. The van der Waals surface area contributed by atoms with Crippen LogP contribution in [0.3, 0.4) is 0 Å². The van der Waals surface area contributed by atoms with Crippen molar-refractivity contribution >= 4 is 28.6 Å². The van der Waals surface area contributed by atoms with Crippen LogP contribution in [0, 0.1) is 0 Å². The molecule has 0 aliphatic heterocycles. The van der Waals surface area contributed by atoms with E-state index in [2.05, 4.69) is 10.3 Å². The van der Waals surface area contributed by atoms with E-state index in [4.69, 9.17) is 9.94 Å². The summed E-state index contributed by atoms with van der Waals surface area (Å²) < 4.78 is 7.23. The summed E-state index contributed by atoms with van der Waals surface area (Å²) >= 11 is 0. The van der Waals surface area contributed by atoms with Crippen molar-refractivity contribution in [3.63, 3.8) is 0 Å². The average Bonchev–Trinajstić information content (AvgIpc) is 2.97. The van der Waals surface area contributed by atoms with Gasteiger partial charge in [-0.15, -0.1) is 0 Å². The molecule has 7 nitrogen and oxygen atoms in total. The van der Waals surface area contributed by atoms with E-state index in [1.807, 2.05) is 28.8 Å². The molecule has 0 atom stereocenters. The monoisotopic (exact) mass is 326 g/mol. The number of anilines is 2. The van der Waals surface area contributed by atoms with Crippen LogP contribution in [0.4, 0.5) is 11.6 Å². The maximum absolute atomic E-state index is 11.4. The highest BCUT2D eigenvalue weighted by Gasteiger charge is 2.11. The number of carbonyl (C=O) groups excluding carboxylic acids is 1. The first-order valence-electron chi connectivity index (χ1n) is 7.48. The van der Waals surface area contributed by atoms with Crippen LogP contribution < -0.4 is 10.8 Å². The molecule has 1 amide bonds. The third kappa shape index (κ3) is 3.22. The number of hydroxylamine groups is 1. The Bertz CT molecular complexity index is 843. The summed E-state index contributed by atoms with van der Waals surface area (Å²) in [6.07, 6.45) is 0. The van der Waals surface area contributed by atoms with Crippen LogP contribution in [0.1, 0.15) is 10.4 Å². The number of benzene rings is 2.